The van der Waals surface area contributed by atoms with E-state index in [4.69, 9.17) is 9.47 Å². The topological polar surface area (TPSA) is 77.8 Å². The number of carbonyl (C=O) groups is 1. The van der Waals surface area contributed by atoms with Crippen molar-refractivity contribution in [2.75, 3.05) is 19.8 Å². The molecule has 2 aromatic rings. The fourth-order valence-corrected chi connectivity index (χ4v) is 6.21. The van der Waals surface area contributed by atoms with Crippen LogP contribution in [0, 0.1) is 20.8 Å². The summed E-state index contributed by atoms with van der Waals surface area (Å²) < 4.78 is 41.9. The number of benzene rings is 1. The minimum atomic E-state index is -3.77. The smallest absolute Gasteiger partial charge is 0.332 e. The second-order valence-electron chi connectivity index (χ2n) is 9.09. The maximum Gasteiger partial charge on any atom is 0.332 e. The highest BCUT2D eigenvalue weighted by atomic mass is 32.2. The van der Waals surface area contributed by atoms with Crippen LogP contribution in [0.2, 0.25) is 0 Å². The molecule has 7 nitrogen and oxygen atoms in total. The van der Waals surface area contributed by atoms with Crippen molar-refractivity contribution in [1.29, 1.82) is 0 Å². The minimum absolute atomic E-state index is 0.0619. The van der Waals surface area contributed by atoms with E-state index in [9.17, 15) is 13.2 Å². The summed E-state index contributed by atoms with van der Waals surface area (Å²) in [7, 11) is -3.77. The number of sulfonamides is 1. The Balaban J connectivity index is 1.88. The molecule has 0 saturated carbocycles. The van der Waals surface area contributed by atoms with Crippen LogP contribution >= 0.6 is 0 Å². The number of aryl methyl sites for hydroxylation is 3. The quantitative estimate of drug-likeness (QED) is 0.632. The van der Waals surface area contributed by atoms with E-state index in [0.717, 1.165) is 22.4 Å². The molecule has 0 aliphatic carbocycles. The molecule has 170 valence electrons. The first-order chi connectivity index (χ1) is 14.4. The zero-order chi connectivity index (χ0) is 23.0. The van der Waals surface area contributed by atoms with Gasteiger partial charge in [0.1, 0.15) is 12.2 Å². The number of hydrogen-bond donors (Lipinski definition) is 0. The lowest BCUT2D eigenvalue weighted by atomic mass is 10.1. The summed E-state index contributed by atoms with van der Waals surface area (Å²) in [5, 5.41) is 0. The highest BCUT2D eigenvalue weighted by Gasteiger charge is 2.38. The standard InChI is InChI=1S/C23H32N2O5S/c1-16-12-17(2)22(18(3)13-16)31(27,28)25-11-10-24-9-7-8-19(24)20(25)14-29-15-21(26)30-23(4,5)6/h7-9,12-13,20H,10-11,14-15H2,1-6H3. The van der Waals surface area contributed by atoms with Gasteiger partial charge in [-0.05, 0) is 64.8 Å². The Labute approximate surface area is 185 Å². The summed E-state index contributed by atoms with van der Waals surface area (Å²) in [4.78, 5) is 12.4. The molecule has 8 heteroatoms. The van der Waals surface area contributed by atoms with Gasteiger partial charge >= 0.3 is 5.97 Å². The number of esters is 1. The van der Waals surface area contributed by atoms with Gasteiger partial charge in [0.25, 0.3) is 0 Å². The van der Waals surface area contributed by atoms with Gasteiger partial charge in [-0.15, -0.1) is 0 Å². The molecule has 1 aromatic heterocycles. The van der Waals surface area contributed by atoms with Crippen LogP contribution in [0.5, 0.6) is 0 Å². The third-order valence-corrected chi connectivity index (χ3v) is 7.42. The Hall–Kier alpha value is -2.16. The molecule has 1 unspecified atom stereocenters. The van der Waals surface area contributed by atoms with Gasteiger partial charge in [0.2, 0.25) is 10.0 Å². The first-order valence-electron chi connectivity index (χ1n) is 10.4. The zero-order valence-electron chi connectivity index (χ0n) is 19.1. The molecule has 0 spiro atoms. The molecule has 0 saturated heterocycles. The second-order valence-corrected chi connectivity index (χ2v) is 10.9. The van der Waals surface area contributed by atoms with Crippen LogP contribution in [-0.4, -0.2) is 48.6 Å². The predicted molar refractivity (Wildman–Crippen MR) is 118 cm³/mol. The van der Waals surface area contributed by atoms with E-state index in [2.05, 4.69) is 0 Å². The SMILES string of the molecule is Cc1cc(C)c(S(=O)(=O)N2CCn3cccc3C2COCC(=O)OC(C)(C)C)c(C)c1. The summed E-state index contributed by atoms with van der Waals surface area (Å²) in [6, 6.07) is 7.05. The van der Waals surface area contributed by atoms with Gasteiger partial charge in [-0.1, -0.05) is 17.7 Å². The van der Waals surface area contributed by atoms with E-state index in [1.54, 1.807) is 20.8 Å². The molecule has 1 aromatic carbocycles. The molecule has 0 N–H and O–H groups in total. The number of carbonyl (C=O) groups excluding carboxylic acids is 1. The van der Waals surface area contributed by atoms with Gasteiger partial charge in [0, 0.05) is 25.0 Å². The predicted octanol–water partition coefficient (Wildman–Crippen LogP) is 3.52. The van der Waals surface area contributed by atoms with Gasteiger partial charge in [-0.25, -0.2) is 13.2 Å². The highest BCUT2D eigenvalue weighted by Crippen LogP contribution is 2.34. The third kappa shape index (κ3) is 5.19. The summed E-state index contributed by atoms with van der Waals surface area (Å²) in [6.07, 6.45) is 1.93. The Kier molecular flexibility index (Phi) is 6.64. The molecule has 0 fully saturated rings. The van der Waals surface area contributed by atoms with Crippen LogP contribution in [-0.2, 0) is 30.8 Å². The Bertz CT molecular complexity index is 1040. The van der Waals surface area contributed by atoms with Crippen molar-refractivity contribution in [3.8, 4) is 0 Å². The van der Waals surface area contributed by atoms with Gasteiger partial charge in [0.05, 0.1) is 17.5 Å². The normalized spacial score (nSPS) is 17.4. The molecule has 0 amide bonds. The molecule has 0 bridgehead atoms. The summed E-state index contributed by atoms with van der Waals surface area (Å²) in [6.45, 7) is 11.7. The van der Waals surface area contributed by atoms with Crippen LogP contribution in [0.15, 0.2) is 35.4 Å². The first-order valence-corrected chi connectivity index (χ1v) is 11.9. The van der Waals surface area contributed by atoms with E-state index in [1.807, 2.05) is 55.8 Å². The van der Waals surface area contributed by atoms with Crippen molar-refractivity contribution in [2.45, 2.75) is 64.6 Å². The van der Waals surface area contributed by atoms with E-state index in [-0.39, 0.29) is 13.2 Å². The summed E-state index contributed by atoms with van der Waals surface area (Å²) in [5.74, 6) is -0.474. The molecule has 31 heavy (non-hydrogen) atoms. The number of hydrogen-bond acceptors (Lipinski definition) is 5. The van der Waals surface area contributed by atoms with Crippen molar-refractivity contribution in [1.82, 2.24) is 8.87 Å². The van der Waals surface area contributed by atoms with E-state index in [1.165, 1.54) is 4.31 Å². The van der Waals surface area contributed by atoms with Crippen molar-refractivity contribution >= 4 is 16.0 Å². The molecule has 1 aliphatic rings. The van der Waals surface area contributed by atoms with Gasteiger partial charge in [-0.3, -0.25) is 0 Å². The fourth-order valence-electron chi connectivity index (χ4n) is 4.22. The van der Waals surface area contributed by atoms with Crippen molar-refractivity contribution in [3.05, 3.63) is 52.8 Å². The lowest BCUT2D eigenvalue weighted by Crippen LogP contribution is -2.44. The number of ether oxygens (including phenoxy) is 2. The lowest BCUT2D eigenvalue weighted by Gasteiger charge is -2.36. The van der Waals surface area contributed by atoms with Crippen LogP contribution in [0.3, 0.4) is 0 Å². The number of fused-ring (bicyclic) bond motifs is 1. The van der Waals surface area contributed by atoms with E-state index in [0.29, 0.717) is 18.0 Å². The van der Waals surface area contributed by atoms with E-state index >= 15 is 0 Å². The Morgan fingerprint density at radius 2 is 1.77 bits per heavy atom. The Morgan fingerprint density at radius 1 is 1.13 bits per heavy atom. The van der Waals surface area contributed by atoms with E-state index < -0.39 is 27.6 Å². The third-order valence-electron chi connectivity index (χ3n) is 5.20. The van der Waals surface area contributed by atoms with Crippen LogP contribution in [0.4, 0.5) is 0 Å². The zero-order valence-corrected chi connectivity index (χ0v) is 20.0. The molecule has 3 rings (SSSR count). The fraction of sp³-hybridized carbons (Fsp3) is 0.522. The van der Waals surface area contributed by atoms with Crippen molar-refractivity contribution in [2.24, 2.45) is 0 Å². The number of rotatable bonds is 6. The molecule has 1 atom stereocenters. The molecular formula is C23H32N2O5S. The Morgan fingerprint density at radius 3 is 2.39 bits per heavy atom. The molecule has 0 radical (unpaired) electrons. The monoisotopic (exact) mass is 448 g/mol. The molecular weight excluding hydrogens is 416 g/mol. The number of nitrogens with zero attached hydrogens (tertiary/aromatic N) is 2. The minimum Gasteiger partial charge on any atom is -0.458 e. The summed E-state index contributed by atoms with van der Waals surface area (Å²) in [5.41, 5.74) is 2.73. The maximum absolute atomic E-state index is 13.7. The summed E-state index contributed by atoms with van der Waals surface area (Å²) >= 11 is 0. The van der Waals surface area contributed by atoms with Gasteiger partial charge in [-0.2, -0.15) is 4.31 Å². The molecule has 1 aliphatic heterocycles. The average Bonchev–Trinajstić information content (AvgIpc) is 3.07. The van der Waals surface area contributed by atoms with Gasteiger partial charge in [0.15, 0.2) is 0 Å². The highest BCUT2D eigenvalue weighted by molar-refractivity contribution is 7.89. The average molecular weight is 449 g/mol. The van der Waals surface area contributed by atoms with Gasteiger partial charge < -0.3 is 14.0 Å². The largest absolute Gasteiger partial charge is 0.458 e. The van der Waals surface area contributed by atoms with Crippen LogP contribution < -0.4 is 0 Å². The first kappa shape index (κ1) is 23.5. The number of aromatic nitrogens is 1. The molecule has 2 heterocycles. The van der Waals surface area contributed by atoms with Crippen LogP contribution in [0.1, 0.15) is 49.2 Å². The van der Waals surface area contributed by atoms with Crippen molar-refractivity contribution in [3.63, 3.8) is 0 Å². The van der Waals surface area contributed by atoms with Crippen LogP contribution in [0.25, 0.3) is 0 Å². The second kappa shape index (κ2) is 8.76. The van der Waals surface area contributed by atoms with Crippen molar-refractivity contribution < 1.29 is 22.7 Å². The lowest BCUT2D eigenvalue weighted by molar-refractivity contribution is -0.160. The maximum atomic E-state index is 13.7.